The minimum atomic E-state index is -2.10. The van der Waals surface area contributed by atoms with E-state index in [4.69, 9.17) is 0 Å². The largest absolute Gasteiger partial charge is 0.141 e. The molecule has 9 aromatic carbocycles. The van der Waals surface area contributed by atoms with Gasteiger partial charge in [0, 0.05) is 14.7 Å². The minimum Gasteiger partial charge on any atom is -0.134 e. The van der Waals surface area contributed by atoms with Gasteiger partial charge in [-0.25, -0.2) is 0 Å². The highest BCUT2D eigenvalue weighted by Gasteiger charge is 2.44. The fraction of sp³-hybridized carbons (Fsp3) is 0.0182. The third-order valence-electron chi connectivity index (χ3n) is 11.9. The summed E-state index contributed by atoms with van der Waals surface area (Å²) in [6.45, 7) is 0. The van der Waals surface area contributed by atoms with Crippen LogP contribution in [0, 0.1) is 0 Å². The van der Waals surface area contributed by atoms with Crippen molar-refractivity contribution in [2.24, 2.45) is 0 Å². The molecule has 280 valence electrons. The number of hydrogen-bond acceptors (Lipinski definition) is 0. The van der Waals surface area contributed by atoms with Gasteiger partial charge in [0.05, 0.1) is 5.41 Å². The minimum absolute atomic E-state index is 0.658. The first-order valence-electron chi connectivity index (χ1n) is 20.5. The zero-order valence-electron chi connectivity index (χ0n) is 33.9. The first-order chi connectivity index (χ1) is 29.0. The smallest absolute Gasteiger partial charge is 0.134 e. The standard InChI is InChI=1S/C55H45B3S/c56-50-39-51(57)54(59(47-32-15-5-16-33-47,48-34-17-6-18-35-48)49-36-20-26-43(38-49)41-23-9-2-10-24-41)53(58)52(50)55(44-27-11-3-12-28-44,45-29-13-4-14-30-45)46-31-19-25-42(37-46)40-21-7-1-8-22-40/h1-39H,56-58H2. The molecule has 0 amide bonds. The zero-order valence-corrected chi connectivity index (χ0v) is 34.7. The van der Waals surface area contributed by atoms with Crippen molar-refractivity contribution < 1.29 is 0 Å². The topological polar surface area (TPSA) is 0 Å². The Labute approximate surface area is 354 Å². The maximum atomic E-state index is 2.48. The van der Waals surface area contributed by atoms with Crippen LogP contribution in [0.1, 0.15) is 22.3 Å². The first-order valence-corrected chi connectivity index (χ1v) is 22.1. The van der Waals surface area contributed by atoms with Gasteiger partial charge in [0.25, 0.3) is 0 Å². The molecule has 0 aliphatic carbocycles. The van der Waals surface area contributed by atoms with Crippen LogP contribution in [0.3, 0.4) is 0 Å². The molecule has 4 heteroatoms. The van der Waals surface area contributed by atoms with Crippen molar-refractivity contribution in [1.82, 2.24) is 0 Å². The molecule has 0 saturated carbocycles. The summed E-state index contributed by atoms with van der Waals surface area (Å²) in [6.07, 6.45) is 0. The Hall–Kier alpha value is -6.48. The van der Waals surface area contributed by atoms with E-state index < -0.39 is 15.4 Å². The molecule has 0 saturated heterocycles. The number of rotatable bonds is 10. The van der Waals surface area contributed by atoms with Gasteiger partial charge >= 0.3 is 0 Å². The van der Waals surface area contributed by atoms with E-state index in [-0.39, 0.29) is 0 Å². The van der Waals surface area contributed by atoms with E-state index in [0.29, 0.717) is 0 Å². The van der Waals surface area contributed by atoms with Crippen LogP contribution in [-0.4, -0.2) is 23.5 Å². The Morgan fingerprint density at radius 2 is 0.678 bits per heavy atom. The van der Waals surface area contributed by atoms with Crippen LogP contribution in [0.4, 0.5) is 0 Å². The fourth-order valence-electron chi connectivity index (χ4n) is 9.60. The van der Waals surface area contributed by atoms with E-state index in [0.717, 1.165) is 0 Å². The lowest BCUT2D eigenvalue weighted by Gasteiger charge is -2.47. The van der Waals surface area contributed by atoms with Gasteiger partial charge in [-0.15, -0.1) is 10.0 Å². The summed E-state index contributed by atoms with van der Waals surface area (Å²) < 4.78 is 0. The summed E-state index contributed by atoms with van der Waals surface area (Å²) in [5, 5.41) is 0. The average Bonchev–Trinajstić information content (AvgIpc) is 3.31. The highest BCUT2D eigenvalue weighted by Crippen LogP contribution is 2.73. The van der Waals surface area contributed by atoms with Crippen molar-refractivity contribution in [2.45, 2.75) is 25.0 Å². The number of benzene rings is 9. The zero-order chi connectivity index (χ0) is 40.2. The van der Waals surface area contributed by atoms with E-state index in [1.165, 1.54) is 80.5 Å². The lowest BCUT2D eigenvalue weighted by atomic mass is 9.58. The highest BCUT2D eigenvalue weighted by atomic mass is 32.3. The molecule has 0 aliphatic rings. The summed E-state index contributed by atoms with van der Waals surface area (Å²) in [7, 11) is 4.99. The van der Waals surface area contributed by atoms with E-state index in [1.54, 1.807) is 0 Å². The Kier molecular flexibility index (Phi) is 10.6. The monoisotopic (exact) mass is 770 g/mol. The van der Waals surface area contributed by atoms with Gasteiger partial charge in [-0.05, 0) is 91.9 Å². The van der Waals surface area contributed by atoms with Crippen LogP contribution in [0.2, 0.25) is 0 Å². The van der Waals surface area contributed by atoms with Crippen molar-refractivity contribution in [3.8, 4) is 22.3 Å². The molecular formula is C55H45B3S. The molecule has 59 heavy (non-hydrogen) atoms. The summed E-state index contributed by atoms with van der Waals surface area (Å²) in [5.74, 6) is 0. The van der Waals surface area contributed by atoms with E-state index >= 15 is 0 Å². The molecular weight excluding hydrogens is 725 g/mol. The van der Waals surface area contributed by atoms with Crippen LogP contribution in [0.25, 0.3) is 22.3 Å². The van der Waals surface area contributed by atoms with Crippen LogP contribution < -0.4 is 16.4 Å². The molecule has 0 fully saturated rings. The maximum absolute atomic E-state index is 2.48. The SMILES string of the molecule is Bc1cc(B)c(S(c2ccccc2)(c2ccccc2)c2cccc(-c3ccccc3)c2)c(B)c1C(c1ccccc1)(c1ccccc1)c1cccc(-c2ccccc2)c1. The summed E-state index contributed by atoms with van der Waals surface area (Å²) in [5.41, 5.74) is 13.1. The quantitative estimate of drug-likeness (QED) is 0.0961. The van der Waals surface area contributed by atoms with Crippen LogP contribution in [0.5, 0.6) is 0 Å². The van der Waals surface area contributed by atoms with Gasteiger partial charge in [0.1, 0.15) is 23.5 Å². The second-order valence-electron chi connectivity index (χ2n) is 15.4. The molecule has 0 spiro atoms. The third-order valence-corrected chi connectivity index (χ3v) is 16.0. The van der Waals surface area contributed by atoms with Crippen LogP contribution in [-0.2, 0) is 5.41 Å². The molecule has 0 aromatic heterocycles. The molecule has 0 heterocycles. The molecule has 9 aromatic rings. The second-order valence-corrected chi connectivity index (χ2v) is 18.4. The fourth-order valence-corrected chi connectivity index (χ4v) is 13.9. The van der Waals surface area contributed by atoms with Gasteiger partial charge in [-0.1, -0.05) is 211 Å². The van der Waals surface area contributed by atoms with Gasteiger partial charge in [0.2, 0.25) is 0 Å². The Morgan fingerprint density at radius 1 is 0.305 bits per heavy atom. The van der Waals surface area contributed by atoms with Gasteiger partial charge in [0.15, 0.2) is 0 Å². The summed E-state index contributed by atoms with van der Waals surface area (Å²) in [4.78, 5) is 5.33. The normalized spacial score (nSPS) is 11.9. The van der Waals surface area contributed by atoms with Crippen LogP contribution in [0.15, 0.2) is 256 Å². The molecule has 0 N–H and O–H groups in total. The van der Waals surface area contributed by atoms with Crippen molar-refractivity contribution in [3.63, 3.8) is 0 Å². The molecule has 0 aliphatic heterocycles. The van der Waals surface area contributed by atoms with E-state index in [2.05, 4.69) is 260 Å². The van der Waals surface area contributed by atoms with Crippen molar-refractivity contribution in [3.05, 3.63) is 259 Å². The Morgan fingerprint density at radius 3 is 1.17 bits per heavy atom. The van der Waals surface area contributed by atoms with Crippen LogP contribution >= 0.6 is 10.0 Å². The van der Waals surface area contributed by atoms with Crippen molar-refractivity contribution >= 4 is 50.0 Å². The van der Waals surface area contributed by atoms with Crippen molar-refractivity contribution in [1.29, 1.82) is 0 Å². The average molecular weight is 770 g/mol. The Bertz CT molecular complexity index is 2560. The molecule has 0 nitrogen and oxygen atoms in total. The molecule has 0 bridgehead atoms. The second kappa shape index (κ2) is 16.4. The molecule has 0 radical (unpaired) electrons. The first kappa shape index (κ1) is 38.1. The predicted octanol–water partition coefficient (Wildman–Crippen LogP) is 9.52. The van der Waals surface area contributed by atoms with Gasteiger partial charge in [-0.3, -0.25) is 0 Å². The van der Waals surface area contributed by atoms with Gasteiger partial charge < -0.3 is 0 Å². The highest BCUT2D eigenvalue weighted by molar-refractivity contribution is 8.34. The number of hydrogen-bond donors (Lipinski definition) is 0. The maximum Gasteiger partial charge on any atom is 0.141 e. The molecule has 0 atom stereocenters. The van der Waals surface area contributed by atoms with E-state index in [1.807, 2.05) is 0 Å². The summed E-state index contributed by atoms with van der Waals surface area (Å²) in [6, 6.07) is 87.7. The molecule has 9 rings (SSSR count). The lowest BCUT2D eigenvalue weighted by Crippen LogP contribution is -2.45. The lowest BCUT2D eigenvalue weighted by molar-refractivity contribution is 0.754. The third kappa shape index (κ3) is 6.68. The predicted molar refractivity (Wildman–Crippen MR) is 260 cm³/mol. The van der Waals surface area contributed by atoms with E-state index in [9.17, 15) is 0 Å². The van der Waals surface area contributed by atoms with Crippen molar-refractivity contribution in [2.75, 3.05) is 0 Å². The van der Waals surface area contributed by atoms with Gasteiger partial charge in [-0.2, -0.15) is 0 Å². The summed E-state index contributed by atoms with van der Waals surface area (Å²) >= 11 is 0. The Balaban J connectivity index is 1.46. The molecule has 0 unspecified atom stereocenters.